The van der Waals surface area contributed by atoms with Crippen molar-refractivity contribution in [2.24, 2.45) is 17.8 Å². The number of benzene rings is 2. The number of Topliss-reactive ketones (excluding diaryl/α,β-unsaturated/α-hetero) is 1. The summed E-state index contributed by atoms with van der Waals surface area (Å²) in [7, 11) is 0. The Bertz CT molecular complexity index is 1160. The quantitative estimate of drug-likeness (QED) is 0.484. The number of aliphatic carboxylic acids is 1. The van der Waals surface area contributed by atoms with Gasteiger partial charge >= 0.3 is 5.97 Å². The first kappa shape index (κ1) is 23.6. The number of ketones is 1. The zero-order valence-corrected chi connectivity index (χ0v) is 19.4. The summed E-state index contributed by atoms with van der Waals surface area (Å²) in [5.41, 5.74) is 0.133. The Hall–Kier alpha value is -3.58. The molecule has 4 rings (SSSR count). The third-order valence-electron chi connectivity index (χ3n) is 7.21. The SMILES string of the molecule is CCC(C)C1(C(=O)O)NC(C=Cc2ccccc2)C2C(=O)N(c3ccc(C(C)=O)cc3)C(=O)C21. The number of fused-ring (bicyclic) bond motifs is 1. The topological polar surface area (TPSA) is 104 Å². The van der Waals surface area contributed by atoms with Gasteiger partial charge in [0, 0.05) is 11.6 Å². The zero-order valence-electron chi connectivity index (χ0n) is 19.4. The second-order valence-electron chi connectivity index (χ2n) is 9.04. The van der Waals surface area contributed by atoms with E-state index < -0.39 is 47.1 Å². The molecule has 0 aromatic heterocycles. The van der Waals surface area contributed by atoms with Crippen LogP contribution in [0.25, 0.3) is 6.08 Å². The van der Waals surface area contributed by atoms with Crippen molar-refractivity contribution < 1.29 is 24.3 Å². The lowest BCUT2D eigenvalue weighted by molar-refractivity contribution is -0.151. The van der Waals surface area contributed by atoms with E-state index in [0.29, 0.717) is 17.7 Å². The lowest BCUT2D eigenvalue weighted by atomic mass is 9.72. The summed E-state index contributed by atoms with van der Waals surface area (Å²) in [4.78, 5) is 52.7. The molecule has 2 N–H and O–H groups in total. The van der Waals surface area contributed by atoms with Crippen LogP contribution in [0, 0.1) is 17.8 Å². The Morgan fingerprint density at radius 3 is 2.29 bits per heavy atom. The molecule has 2 heterocycles. The fourth-order valence-electron chi connectivity index (χ4n) is 5.21. The standard InChI is InChI=1S/C27H28N2O5/c1-4-16(2)27(26(33)34)23-22(21(28-27)15-10-18-8-6-5-7-9-18)24(31)29(25(23)32)20-13-11-19(12-14-20)17(3)30/h5-16,21-23,28H,4H2,1-3H3,(H,33,34). The van der Waals surface area contributed by atoms with Gasteiger partial charge in [-0.2, -0.15) is 0 Å². The maximum Gasteiger partial charge on any atom is 0.325 e. The van der Waals surface area contributed by atoms with E-state index in [2.05, 4.69) is 5.32 Å². The molecule has 5 unspecified atom stereocenters. The lowest BCUT2D eigenvalue weighted by Gasteiger charge is -2.35. The summed E-state index contributed by atoms with van der Waals surface area (Å²) in [6.45, 7) is 5.11. The van der Waals surface area contributed by atoms with Crippen LogP contribution in [-0.2, 0) is 14.4 Å². The number of rotatable bonds is 7. The molecule has 2 saturated heterocycles. The van der Waals surface area contributed by atoms with E-state index in [1.54, 1.807) is 37.3 Å². The van der Waals surface area contributed by atoms with Gasteiger partial charge in [0.05, 0.1) is 17.5 Å². The molecule has 7 nitrogen and oxygen atoms in total. The van der Waals surface area contributed by atoms with Gasteiger partial charge in [0.25, 0.3) is 0 Å². The minimum absolute atomic E-state index is 0.125. The van der Waals surface area contributed by atoms with E-state index in [-0.39, 0.29) is 5.78 Å². The van der Waals surface area contributed by atoms with E-state index in [9.17, 15) is 24.3 Å². The summed E-state index contributed by atoms with van der Waals surface area (Å²) in [5.74, 6) is -4.54. The van der Waals surface area contributed by atoms with Crippen molar-refractivity contribution in [2.75, 3.05) is 4.90 Å². The van der Waals surface area contributed by atoms with Crippen LogP contribution in [0.3, 0.4) is 0 Å². The Labute approximate surface area is 198 Å². The molecule has 34 heavy (non-hydrogen) atoms. The average Bonchev–Trinajstić information content (AvgIpc) is 3.32. The molecule has 2 aromatic carbocycles. The van der Waals surface area contributed by atoms with Gasteiger partial charge in [0.2, 0.25) is 11.8 Å². The summed E-state index contributed by atoms with van der Waals surface area (Å²) in [6.07, 6.45) is 4.14. The largest absolute Gasteiger partial charge is 0.480 e. The Balaban J connectivity index is 1.79. The molecule has 0 bridgehead atoms. The van der Waals surface area contributed by atoms with Crippen molar-refractivity contribution >= 4 is 35.3 Å². The van der Waals surface area contributed by atoms with Crippen LogP contribution < -0.4 is 10.2 Å². The predicted octanol–water partition coefficient (Wildman–Crippen LogP) is 3.55. The van der Waals surface area contributed by atoms with E-state index in [4.69, 9.17) is 0 Å². The first-order valence-corrected chi connectivity index (χ1v) is 11.5. The minimum Gasteiger partial charge on any atom is -0.480 e. The van der Waals surface area contributed by atoms with Crippen LogP contribution in [0.1, 0.15) is 43.1 Å². The highest BCUT2D eigenvalue weighted by atomic mass is 16.4. The second-order valence-corrected chi connectivity index (χ2v) is 9.04. The summed E-state index contributed by atoms with van der Waals surface area (Å²) < 4.78 is 0. The molecular formula is C27H28N2O5. The third-order valence-corrected chi connectivity index (χ3v) is 7.21. The van der Waals surface area contributed by atoms with Crippen molar-refractivity contribution in [3.8, 4) is 0 Å². The van der Waals surface area contributed by atoms with Crippen molar-refractivity contribution in [1.29, 1.82) is 0 Å². The van der Waals surface area contributed by atoms with Gasteiger partial charge in [0.1, 0.15) is 5.54 Å². The maximum atomic E-state index is 13.7. The van der Waals surface area contributed by atoms with Gasteiger partial charge in [-0.05, 0) is 42.7 Å². The van der Waals surface area contributed by atoms with Crippen molar-refractivity contribution in [1.82, 2.24) is 5.32 Å². The smallest absolute Gasteiger partial charge is 0.325 e. The molecule has 2 aromatic rings. The van der Waals surface area contributed by atoms with Crippen molar-refractivity contribution in [3.63, 3.8) is 0 Å². The molecule has 2 aliphatic rings. The van der Waals surface area contributed by atoms with Crippen LogP contribution >= 0.6 is 0 Å². The van der Waals surface area contributed by atoms with Gasteiger partial charge < -0.3 is 5.11 Å². The minimum atomic E-state index is -1.58. The molecule has 0 spiro atoms. The number of nitrogens with one attached hydrogen (secondary N) is 1. The van der Waals surface area contributed by atoms with Crippen LogP contribution in [0.2, 0.25) is 0 Å². The number of carbonyl (C=O) groups is 4. The number of carboxylic acid groups (broad SMARTS) is 1. The van der Waals surface area contributed by atoms with E-state index in [1.807, 2.05) is 43.3 Å². The van der Waals surface area contributed by atoms with Crippen LogP contribution in [0.4, 0.5) is 5.69 Å². The van der Waals surface area contributed by atoms with Gasteiger partial charge in [-0.25, -0.2) is 4.90 Å². The highest BCUT2D eigenvalue weighted by Gasteiger charge is 2.69. The van der Waals surface area contributed by atoms with Gasteiger partial charge in [-0.1, -0.05) is 62.8 Å². The number of hydrogen-bond acceptors (Lipinski definition) is 5. The van der Waals surface area contributed by atoms with Crippen LogP contribution in [0.5, 0.6) is 0 Å². The highest BCUT2D eigenvalue weighted by Crippen LogP contribution is 2.48. The highest BCUT2D eigenvalue weighted by molar-refractivity contribution is 6.24. The molecule has 5 atom stereocenters. The fraction of sp³-hybridized carbons (Fsp3) is 0.333. The molecule has 0 aliphatic carbocycles. The third kappa shape index (κ3) is 3.66. The number of imide groups is 1. The van der Waals surface area contributed by atoms with Crippen molar-refractivity contribution in [3.05, 3.63) is 71.8 Å². The molecule has 176 valence electrons. The average molecular weight is 461 g/mol. The number of amides is 2. The van der Waals surface area contributed by atoms with Gasteiger partial charge in [-0.3, -0.25) is 24.5 Å². The molecule has 2 amide bonds. The predicted molar refractivity (Wildman–Crippen MR) is 128 cm³/mol. The van der Waals surface area contributed by atoms with Gasteiger partial charge in [-0.15, -0.1) is 0 Å². The Morgan fingerprint density at radius 1 is 1.09 bits per heavy atom. The first-order chi connectivity index (χ1) is 16.2. The zero-order chi connectivity index (χ0) is 24.6. The second kappa shape index (κ2) is 8.99. The van der Waals surface area contributed by atoms with E-state index in [1.165, 1.54) is 6.92 Å². The van der Waals surface area contributed by atoms with Crippen molar-refractivity contribution in [2.45, 2.75) is 38.8 Å². The normalized spacial score (nSPS) is 27.3. The summed E-state index contributed by atoms with van der Waals surface area (Å²) >= 11 is 0. The van der Waals surface area contributed by atoms with Crippen LogP contribution in [-0.4, -0.2) is 40.3 Å². The number of nitrogens with zero attached hydrogens (tertiary/aromatic N) is 1. The van der Waals surface area contributed by atoms with Crippen LogP contribution in [0.15, 0.2) is 60.7 Å². The lowest BCUT2D eigenvalue weighted by Crippen LogP contribution is -2.60. The number of hydrogen-bond donors (Lipinski definition) is 2. The number of anilines is 1. The van der Waals surface area contributed by atoms with E-state index >= 15 is 0 Å². The molecule has 2 aliphatic heterocycles. The molecule has 2 fully saturated rings. The molecular weight excluding hydrogens is 432 g/mol. The number of carbonyl (C=O) groups excluding carboxylic acids is 3. The maximum absolute atomic E-state index is 13.7. The Morgan fingerprint density at radius 2 is 1.74 bits per heavy atom. The molecule has 7 heteroatoms. The molecule has 0 saturated carbocycles. The molecule has 0 radical (unpaired) electrons. The van der Waals surface area contributed by atoms with Gasteiger partial charge in [0.15, 0.2) is 5.78 Å². The Kier molecular flexibility index (Phi) is 6.23. The number of carboxylic acids is 1. The monoisotopic (exact) mass is 460 g/mol. The first-order valence-electron chi connectivity index (χ1n) is 11.5. The fourth-order valence-corrected chi connectivity index (χ4v) is 5.21. The summed E-state index contributed by atoms with van der Waals surface area (Å²) in [5, 5.41) is 13.6. The van der Waals surface area contributed by atoms with E-state index in [0.717, 1.165) is 10.5 Å². The summed E-state index contributed by atoms with van der Waals surface area (Å²) in [6, 6.07) is 15.1.